The van der Waals surface area contributed by atoms with Crippen LogP contribution in [-0.2, 0) is 0 Å². The average molecular weight is 239 g/mol. The summed E-state index contributed by atoms with van der Waals surface area (Å²) in [5.74, 6) is 1.16. The summed E-state index contributed by atoms with van der Waals surface area (Å²) in [7, 11) is 0. The van der Waals surface area contributed by atoms with Gasteiger partial charge in [0.25, 0.3) is 0 Å². The number of aliphatic hydroxyl groups is 1. The second kappa shape index (κ2) is 5.28. The normalized spacial score (nSPS) is 27.9. The second-order valence-corrected chi connectivity index (χ2v) is 5.75. The van der Waals surface area contributed by atoms with Crippen molar-refractivity contribution in [3.05, 3.63) is 16.1 Å². The van der Waals surface area contributed by atoms with Crippen molar-refractivity contribution in [1.29, 1.82) is 0 Å². The molecule has 0 radical (unpaired) electrons. The Kier molecular flexibility index (Phi) is 3.98. The number of hydrogen-bond donors (Lipinski definition) is 1. The molecule has 0 bridgehead atoms. The molecule has 1 aliphatic rings. The monoisotopic (exact) mass is 239 g/mol. The van der Waals surface area contributed by atoms with Crippen molar-refractivity contribution in [3.8, 4) is 0 Å². The summed E-state index contributed by atoms with van der Waals surface area (Å²) in [5, 5.41) is 10.5. The Morgan fingerprint density at radius 2 is 2.25 bits per heavy atom. The van der Waals surface area contributed by atoms with E-state index >= 15 is 0 Å². The summed E-state index contributed by atoms with van der Waals surface area (Å²) in [6.45, 7) is 4.24. The lowest BCUT2D eigenvalue weighted by atomic mass is 9.74. The van der Waals surface area contributed by atoms with Gasteiger partial charge in [-0.2, -0.15) is 0 Å². The fraction of sp³-hybridized carbons (Fsp3) is 0.769. The summed E-state index contributed by atoms with van der Waals surface area (Å²) in [4.78, 5) is 5.33. The fourth-order valence-electron chi connectivity index (χ4n) is 2.95. The van der Waals surface area contributed by atoms with E-state index in [1.165, 1.54) is 32.1 Å². The van der Waals surface area contributed by atoms with Crippen molar-refractivity contribution < 1.29 is 5.11 Å². The molecule has 1 fully saturated rings. The zero-order valence-electron chi connectivity index (χ0n) is 10.1. The maximum absolute atomic E-state index is 10.5. The van der Waals surface area contributed by atoms with E-state index < -0.39 is 0 Å². The Labute approximate surface area is 102 Å². The lowest BCUT2D eigenvalue weighted by Crippen LogP contribution is -2.25. The number of aliphatic hydroxyl groups excluding tert-OH is 1. The largest absolute Gasteiger partial charge is 0.387 e. The molecule has 0 amide bonds. The molecular formula is C13H21NOS. The maximum atomic E-state index is 10.5. The van der Waals surface area contributed by atoms with E-state index in [1.54, 1.807) is 11.3 Å². The third-order valence-corrected chi connectivity index (χ3v) is 4.95. The first kappa shape index (κ1) is 12.1. The van der Waals surface area contributed by atoms with Gasteiger partial charge in [-0.15, -0.1) is 11.3 Å². The van der Waals surface area contributed by atoms with Gasteiger partial charge in [0.15, 0.2) is 0 Å². The van der Waals surface area contributed by atoms with Gasteiger partial charge in [-0.25, -0.2) is 4.98 Å². The van der Waals surface area contributed by atoms with Crippen molar-refractivity contribution in [3.63, 3.8) is 0 Å². The average Bonchev–Trinajstić information content (AvgIpc) is 2.74. The SMILES string of the molecule is CCC1CCCCC1C(O)c1scnc1C. The third-order valence-electron chi connectivity index (χ3n) is 3.95. The van der Waals surface area contributed by atoms with Gasteiger partial charge in [-0.3, -0.25) is 0 Å². The highest BCUT2D eigenvalue weighted by Crippen LogP contribution is 2.41. The van der Waals surface area contributed by atoms with Crippen LogP contribution < -0.4 is 0 Å². The topological polar surface area (TPSA) is 33.1 Å². The van der Waals surface area contributed by atoms with Crippen LogP contribution in [0, 0.1) is 18.8 Å². The van der Waals surface area contributed by atoms with Crippen molar-refractivity contribution in [2.24, 2.45) is 11.8 Å². The Balaban J connectivity index is 2.13. The summed E-state index contributed by atoms with van der Waals surface area (Å²) < 4.78 is 0. The Hall–Kier alpha value is -0.410. The molecule has 1 N–H and O–H groups in total. The fourth-order valence-corrected chi connectivity index (χ4v) is 3.81. The van der Waals surface area contributed by atoms with Gasteiger partial charge in [0.2, 0.25) is 0 Å². The molecule has 2 nitrogen and oxygen atoms in total. The predicted molar refractivity (Wildman–Crippen MR) is 67.5 cm³/mol. The summed E-state index contributed by atoms with van der Waals surface area (Å²) in [5.41, 5.74) is 2.86. The quantitative estimate of drug-likeness (QED) is 0.872. The van der Waals surface area contributed by atoms with E-state index in [9.17, 15) is 5.11 Å². The van der Waals surface area contributed by atoms with Crippen molar-refractivity contribution in [1.82, 2.24) is 4.98 Å². The molecule has 16 heavy (non-hydrogen) atoms. The van der Waals surface area contributed by atoms with Crippen LogP contribution in [0.4, 0.5) is 0 Å². The van der Waals surface area contributed by atoms with E-state index in [1.807, 2.05) is 12.4 Å². The van der Waals surface area contributed by atoms with Gasteiger partial charge < -0.3 is 5.11 Å². The molecule has 2 rings (SSSR count). The predicted octanol–water partition coefficient (Wildman–Crippen LogP) is 3.70. The molecule has 1 heterocycles. The van der Waals surface area contributed by atoms with E-state index in [2.05, 4.69) is 11.9 Å². The van der Waals surface area contributed by atoms with Crippen LogP contribution in [0.15, 0.2) is 5.51 Å². The highest BCUT2D eigenvalue weighted by Gasteiger charge is 2.31. The lowest BCUT2D eigenvalue weighted by molar-refractivity contribution is 0.0472. The zero-order chi connectivity index (χ0) is 11.5. The Morgan fingerprint density at radius 1 is 1.50 bits per heavy atom. The first-order chi connectivity index (χ1) is 7.74. The molecule has 3 heteroatoms. The van der Waals surface area contributed by atoms with Gasteiger partial charge in [-0.1, -0.05) is 32.6 Å². The summed E-state index contributed by atoms with van der Waals surface area (Å²) >= 11 is 1.60. The molecular weight excluding hydrogens is 218 g/mol. The molecule has 1 aliphatic carbocycles. The molecule has 1 saturated carbocycles. The molecule has 3 atom stereocenters. The number of thiazole rings is 1. The minimum atomic E-state index is -0.280. The van der Waals surface area contributed by atoms with Crippen LogP contribution in [0.2, 0.25) is 0 Å². The highest BCUT2D eigenvalue weighted by atomic mass is 32.1. The van der Waals surface area contributed by atoms with E-state index in [0.717, 1.165) is 10.6 Å². The Bertz CT molecular complexity index is 336. The smallest absolute Gasteiger partial charge is 0.0931 e. The second-order valence-electron chi connectivity index (χ2n) is 4.86. The van der Waals surface area contributed by atoms with Crippen LogP contribution in [0.25, 0.3) is 0 Å². The minimum absolute atomic E-state index is 0.280. The number of nitrogens with zero attached hydrogens (tertiary/aromatic N) is 1. The van der Waals surface area contributed by atoms with Gasteiger partial charge >= 0.3 is 0 Å². The molecule has 0 aliphatic heterocycles. The van der Waals surface area contributed by atoms with E-state index in [0.29, 0.717) is 11.8 Å². The first-order valence-corrected chi connectivity index (χ1v) is 7.20. The van der Waals surface area contributed by atoms with Gasteiger partial charge in [0.05, 0.1) is 22.2 Å². The number of aromatic nitrogens is 1. The number of aryl methyl sites for hydroxylation is 1. The van der Waals surface area contributed by atoms with E-state index in [-0.39, 0.29) is 6.10 Å². The Morgan fingerprint density at radius 3 is 2.88 bits per heavy atom. The third kappa shape index (κ3) is 2.30. The van der Waals surface area contributed by atoms with Crippen molar-refractivity contribution in [2.45, 2.75) is 52.1 Å². The maximum Gasteiger partial charge on any atom is 0.0931 e. The standard InChI is InChI=1S/C13H21NOS/c1-3-10-6-4-5-7-11(10)12(15)13-9(2)14-8-16-13/h8,10-12,15H,3-7H2,1-2H3. The summed E-state index contributed by atoms with van der Waals surface area (Å²) in [6.07, 6.45) is 5.99. The van der Waals surface area contributed by atoms with E-state index in [4.69, 9.17) is 0 Å². The molecule has 1 aromatic heterocycles. The van der Waals surface area contributed by atoms with Gasteiger partial charge in [0.1, 0.15) is 0 Å². The molecule has 1 aromatic rings. The van der Waals surface area contributed by atoms with Gasteiger partial charge in [-0.05, 0) is 25.2 Å². The minimum Gasteiger partial charge on any atom is -0.387 e. The molecule has 0 saturated heterocycles. The van der Waals surface area contributed by atoms with Crippen LogP contribution in [0.1, 0.15) is 55.7 Å². The molecule has 0 spiro atoms. The first-order valence-electron chi connectivity index (χ1n) is 6.32. The van der Waals surface area contributed by atoms with Crippen molar-refractivity contribution in [2.75, 3.05) is 0 Å². The number of rotatable bonds is 3. The van der Waals surface area contributed by atoms with Crippen molar-refractivity contribution >= 4 is 11.3 Å². The van der Waals surface area contributed by atoms with Crippen LogP contribution in [-0.4, -0.2) is 10.1 Å². The van der Waals surface area contributed by atoms with Crippen LogP contribution in [0.3, 0.4) is 0 Å². The molecule has 90 valence electrons. The van der Waals surface area contributed by atoms with Gasteiger partial charge in [0, 0.05) is 0 Å². The highest BCUT2D eigenvalue weighted by molar-refractivity contribution is 7.09. The lowest BCUT2D eigenvalue weighted by Gasteiger charge is -2.34. The summed E-state index contributed by atoms with van der Waals surface area (Å²) in [6, 6.07) is 0. The van der Waals surface area contributed by atoms with Crippen LogP contribution >= 0.6 is 11.3 Å². The molecule has 0 aromatic carbocycles. The number of hydrogen-bond acceptors (Lipinski definition) is 3. The zero-order valence-corrected chi connectivity index (χ0v) is 11.0. The molecule has 3 unspecified atom stereocenters. The van der Waals surface area contributed by atoms with Crippen LogP contribution in [0.5, 0.6) is 0 Å².